The first-order chi connectivity index (χ1) is 16.7. The van der Waals surface area contributed by atoms with Crippen molar-refractivity contribution >= 4 is 51.3 Å². The summed E-state index contributed by atoms with van der Waals surface area (Å²) in [4.78, 5) is 44.7. The molecular weight excluding hydrogens is 477 g/mol. The van der Waals surface area contributed by atoms with Gasteiger partial charge >= 0.3 is 0 Å². The van der Waals surface area contributed by atoms with Gasteiger partial charge < -0.3 is 14.5 Å². The van der Waals surface area contributed by atoms with E-state index in [1.54, 1.807) is 17.0 Å². The third kappa shape index (κ3) is 7.36. The maximum atomic E-state index is 13.5. The Bertz CT molecular complexity index is 1040. The average Bonchev–Trinajstić information content (AvgIpc) is 3.37. The summed E-state index contributed by atoms with van der Waals surface area (Å²) in [6, 6.07) is 4.75. The van der Waals surface area contributed by atoms with Crippen LogP contribution in [0.25, 0.3) is 11.0 Å². The Kier molecular flexibility index (Phi) is 9.41. The van der Waals surface area contributed by atoms with Crippen molar-refractivity contribution in [3.8, 4) is 0 Å². The molecule has 2 aromatic rings. The summed E-state index contributed by atoms with van der Waals surface area (Å²) in [6.45, 7) is 8.90. The number of halogens is 1. The zero-order valence-corrected chi connectivity index (χ0v) is 20.8. The molecule has 3 amide bonds. The number of benzene rings is 1. The first-order valence-corrected chi connectivity index (χ1v) is 12.4. The second-order valence-corrected chi connectivity index (χ2v) is 9.79. The number of piperidine rings is 1. The summed E-state index contributed by atoms with van der Waals surface area (Å²) in [5.41, 5.74) is 0.878. The molecule has 3 atom stereocenters. The topological polar surface area (TPSA) is 118 Å². The third-order valence-corrected chi connectivity index (χ3v) is 6.71. The van der Waals surface area contributed by atoms with Crippen LogP contribution < -0.4 is 15.5 Å². The second-order valence-electron chi connectivity index (χ2n) is 8.54. The van der Waals surface area contributed by atoms with Crippen LogP contribution in [0.1, 0.15) is 41.5 Å². The van der Waals surface area contributed by atoms with E-state index in [-0.39, 0.29) is 30.9 Å². The lowest BCUT2D eigenvalue weighted by atomic mass is 10.1. The highest BCUT2D eigenvalue weighted by atomic mass is 32.2. The van der Waals surface area contributed by atoms with Crippen LogP contribution in [0.4, 0.5) is 14.9 Å². The number of morpholine rings is 1. The van der Waals surface area contributed by atoms with Crippen molar-refractivity contribution in [3.05, 3.63) is 30.3 Å². The van der Waals surface area contributed by atoms with Crippen molar-refractivity contribution in [3.63, 3.8) is 0 Å². The number of hydrogen-bond acceptors (Lipinski definition) is 8. The average molecular weight is 510 g/mol. The van der Waals surface area contributed by atoms with Gasteiger partial charge in [-0.2, -0.15) is 0 Å². The Morgan fingerprint density at radius 3 is 2.29 bits per heavy atom. The van der Waals surface area contributed by atoms with Gasteiger partial charge in [-0.05, 0) is 32.4 Å². The van der Waals surface area contributed by atoms with Crippen LogP contribution in [0.15, 0.2) is 28.9 Å². The number of imide groups is 1. The first-order valence-electron chi connectivity index (χ1n) is 11.5. The maximum Gasteiger partial charge on any atom is 0.286 e. The number of thioether (sulfide) groups is 1. The van der Waals surface area contributed by atoms with Crippen molar-refractivity contribution in [1.82, 2.24) is 10.6 Å². The smallest absolute Gasteiger partial charge is 0.286 e. The molecule has 1 aromatic heterocycles. The highest BCUT2D eigenvalue weighted by Crippen LogP contribution is 2.37. The van der Waals surface area contributed by atoms with Gasteiger partial charge in [-0.1, -0.05) is 24.8 Å². The largest absolute Gasteiger partial charge is 0.459 e. The van der Waals surface area contributed by atoms with Crippen LogP contribution in [-0.2, 0) is 19.1 Å². The molecule has 192 valence electrons. The number of nitrogens with zero attached hydrogens (tertiary/aromatic N) is 1. The molecule has 2 N–H and O–H groups in total. The monoisotopic (exact) mass is 509 g/mol. The second kappa shape index (κ2) is 12.3. The summed E-state index contributed by atoms with van der Waals surface area (Å²) >= 11 is 1.34. The van der Waals surface area contributed by atoms with Crippen LogP contribution in [0.3, 0.4) is 0 Å². The van der Waals surface area contributed by atoms with Crippen molar-refractivity contribution in [2.75, 3.05) is 24.5 Å². The summed E-state index contributed by atoms with van der Waals surface area (Å²) in [6.07, 6.45) is 2.91. The van der Waals surface area contributed by atoms with Crippen LogP contribution >= 0.6 is 11.8 Å². The number of carbonyl (C=O) groups excluding carboxylic acids is 4. The summed E-state index contributed by atoms with van der Waals surface area (Å²) in [7, 11) is 0. The number of ketones is 1. The number of fused-ring (bicyclic) bond motifs is 1. The van der Waals surface area contributed by atoms with E-state index < -0.39 is 17.6 Å². The number of amides is 3. The molecule has 11 heteroatoms. The first kappa shape index (κ1) is 26.8. The molecule has 3 aliphatic rings. The highest BCUT2D eigenvalue weighted by molar-refractivity contribution is 8.14. The van der Waals surface area contributed by atoms with Crippen molar-refractivity contribution < 1.29 is 34.1 Å². The van der Waals surface area contributed by atoms with E-state index in [4.69, 9.17) is 9.15 Å². The molecule has 1 aromatic carbocycles. The lowest BCUT2D eigenvalue weighted by Gasteiger charge is -2.25. The number of Topliss-reactive ketones (excluding diaryl/α,β-unsaturated/α-hetero) is 1. The Morgan fingerprint density at radius 1 is 1.11 bits per heavy atom. The quantitative estimate of drug-likeness (QED) is 0.465. The number of anilines is 1. The van der Waals surface area contributed by atoms with E-state index >= 15 is 0 Å². The van der Waals surface area contributed by atoms with Crippen LogP contribution in [-0.4, -0.2) is 59.9 Å². The van der Waals surface area contributed by atoms with Gasteiger partial charge in [-0.3, -0.25) is 29.4 Å². The molecule has 0 spiro atoms. The highest BCUT2D eigenvalue weighted by Gasteiger charge is 2.32. The molecule has 35 heavy (non-hydrogen) atoms. The SMILES string of the molecule is CC[C@@H]1CN(c2coc3c(F)cccc23)C(=O)S1.C[C@@H]1CNC[C@H](C)O1.O=C1CC(=O)NC(=O)C1.[HH]. The Hall–Kier alpha value is -2.76. The standard InChI is InChI=1S/C13H12FNO2S.C6H13NO.C5H5NO3.H2/c1-2-8-6-15(13(16)18-8)11-7-17-12-9(11)4-3-5-10(12)14;1-5-3-7-4-6(2)8-5;7-3-1-4(8)6-5(9)2-3;/h3-5,7-8H,2,6H2,1H3;5-7H,3-4H2,1-2H3;1-2H2,(H,6,8,9);1H/t8-;5-,6+;;/m1.../s1. The summed E-state index contributed by atoms with van der Waals surface area (Å²) in [5.74, 6) is -1.68. The molecular formula is C24H32FN3O6S. The zero-order chi connectivity index (χ0) is 25.5. The molecule has 0 radical (unpaired) electrons. The van der Waals surface area contributed by atoms with E-state index in [9.17, 15) is 23.6 Å². The summed E-state index contributed by atoms with van der Waals surface area (Å²) in [5, 5.41) is 6.23. The van der Waals surface area contributed by atoms with E-state index in [1.165, 1.54) is 24.1 Å². The molecule has 0 saturated carbocycles. The van der Waals surface area contributed by atoms with E-state index in [0.29, 0.717) is 35.1 Å². The number of hydrogen-bond donors (Lipinski definition) is 2. The fourth-order valence-electron chi connectivity index (χ4n) is 3.80. The van der Waals surface area contributed by atoms with Gasteiger partial charge in [-0.25, -0.2) is 4.39 Å². The molecule has 0 bridgehead atoms. The molecule has 0 aliphatic carbocycles. The molecule has 3 saturated heterocycles. The van der Waals surface area contributed by atoms with Gasteiger partial charge in [0.25, 0.3) is 5.24 Å². The van der Waals surface area contributed by atoms with Gasteiger partial charge in [0.05, 0.1) is 30.7 Å². The minimum absolute atomic E-state index is 0. The number of ether oxygens (including phenoxy) is 1. The lowest BCUT2D eigenvalue weighted by molar-refractivity contribution is -0.138. The Labute approximate surface area is 208 Å². The minimum atomic E-state index is -0.490. The van der Waals surface area contributed by atoms with Crippen LogP contribution in [0.2, 0.25) is 0 Å². The molecule has 5 rings (SSSR count). The minimum Gasteiger partial charge on any atom is -0.459 e. The van der Waals surface area contributed by atoms with Crippen molar-refractivity contribution in [2.45, 2.75) is 57.5 Å². The molecule has 3 fully saturated rings. The number of nitrogens with one attached hydrogen (secondary N) is 2. The summed E-state index contributed by atoms with van der Waals surface area (Å²) < 4.78 is 24.2. The predicted molar refractivity (Wildman–Crippen MR) is 133 cm³/mol. The molecule has 4 heterocycles. The van der Waals surface area contributed by atoms with Gasteiger partial charge in [0.15, 0.2) is 17.2 Å². The lowest BCUT2D eigenvalue weighted by Crippen LogP contribution is -2.41. The Morgan fingerprint density at radius 2 is 1.77 bits per heavy atom. The maximum absolute atomic E-state index is 13.5. The van der Waals surface area contributed by atoms with E-state index in [0.717, 1.165) is 19.5 Å². The zero-order valence-electron chi connectivity index (χ0n) is 20.0. The van der Waals surface area contributed by atoms with Gasteiger partial charge in [-0.15, -0.1) is 0 Å². The number of rotatable bonds is 2. The fourth-order valence-corrected chi connectivity index (χ4v) is 4.77. The van der Waals surface area contributed by atoms with Gasteiger partial charge in [0.2, 0.25) is 11.8 Å². The number of carbonyl (C=O) groups is 4. The predicted octanol–water partition coefficient (Wildman–Crippen LogP) is 3.65. The van der Waals surface area contributed by atoms with Gasteiger partial charge in [0.1, 0.15) is 6.26 Å². The Balaban J connectivity index is 0.000000213. The third-order valence-electron chi connectivity index (χ3n) is 5.47. The fraction of sp³-hybridized carbons (Fsp3) is 0.500. The van der Waals surface area contributed by atoms with E-state index in [2.05, 4.69) is 26.1 Å². The number of furan rings is 1. The molecule has 3 aliphatic heterocycles. The molecule has 9 nitrogen and oxygen atoms in total. The normalized spacial score (nSPS) is 24.5. The number of para-hydroxylation sites is 1. The van der Waals surface area contributed by atoms with Crippen LogP contribution in [0, 0.1) is 5.82 Å². The molecule has 0 unspecified atom stereocenters. The van der Waals surface area contributed by atoms with Crippen LogP contribution in [0.5, 0.6) is 0 Å². The van der Waals surface area contributed by atoms with Gasteiger partial charge in [0, 0.05) is 31.7 Å². The van der Waals surface area contributed by atoms with Crippen molar-refractivity contribution in [1.29, 1.82) is 0 Å². The van der Waals surface area contributed by atoms with Crippen molar-refractivity contribution in [2.24, 2.45) is 0 Å². The van der Waals surface area contributed by atoms with E-state index in [1.807, 2.05) is 5.32 Å².